The van der Waals surface area contributed by atoms with Crippen LogP contribution in [0.5, 0.6) is 0 Å². The van der Waals surface area contributed by atoms with Crippen molar-refractivity contribution in [3.63, 3.8) is 0 Å². The Kier molecular flexibility index (Phi) is 4.21. The first-order chi connectivity index (χ1) is 13.8. The maximum Gasteiger partial charge on any atom is 0.175 e. The number of para-hydroxylation sites is 1. The Bertz CT molecular complexity index is 1120. The van der Waals surface area contributed by atoms with Gasteiger partial charge in [0.25, 0.3) is 0 Å². The third-order valence-corrected chi connectivity index (χ3v) is 4.91. The molecule has 28 heavy (non-hydrogen) atoms. The molecule has 7 heteroatoms. The number of hydrogen-bond acceptors (Lipinski definition) is 6. The van der Waals surface area contributed by atoms with Crippen LogP contribution >= 0.6 is 0 Å². The van der Waals surface area contributed by atoms with Gasteiger partial charge in [-0.15, -0.1) is 0 Å². The third kappa shape index (κ3) is 2.90. The summed E-state index contributed by atoms with van der Waals surface area (Å²) in [6, 6.07) is 12.1. The number of hydrogen-bond donors (Lipinski definition) is 0. The van der Waals surface area contributed by atoms with E-state index in [0.29, 0.717) is 24.5 Å². The summed E-state index contributed by atoms with van der Waals surface area (Å²) in [6.07, 6.45) is 3.35. The number of ether oxygens (including phenoxy) is 1. The molecule has 1 aliphatic rings. The smallest absolute Gasteiger partial charge is 0.175 e. The van der Waals surface area contributed by atoms with Crippen LogP contribution in [0, 0.1) is 5.82 Å². The molecule has 6 nitrogen and oxygen atoms in total. The number of anilines is 1. The van der Waals surface area contributed by atoms with E-state index in [1.54, 1.807) is 24.7 Å². The fourth-order valence-electron chi connectivity index (χ4n) is 3.53. The minimum absolute atomic E-state index is 0.283. The Morgan fingerprint density at radius 2 is 1.79 bits per heavy atom. The van der Waals surface area contributed by atoms with Crippen LogP contribution in [-0.2, 0) is 4.74 Å². The lowest BCUT2D eigenvalue weighted by molar-refractivity contribution is 0.122. The maximum atomic E-state index is 13.3. The van der Waals surface area contributed by atoms with Gasteiger partial charge in [-0.1, -0.05) is 17.3 Å². The fourth-order valence-corrected chi connectivity index (χ4v) is 3.53. The number of halogens is 1. The zero-order chi connectivity index (χ0) is 18.9. The number of fused-ring (bicyclic) bond motifs is 1. The van der Waals surface area contributed by atoms with Crippen molar-refractivity contribution in [2.24, 2.45) is 0 Å². The van der Waals surface area contributed by atoms with Crippen LogP contribution in [0.4, 0.5) is 10.2 Å². The molecule has 4 aromatic rings. The van der Waals surface area contributed by atoms with E-state index in [-0.39, 0.29) is 5.82 Å². The quantitative estimate of drug-likeness (QED) is 0.540. The predicted molar refractivity (Wildman–Crippen MR) is 103 cm³/mol. The van der Waals surface area contributed by atoms with E-state index in [2.05, 4.69) is 20.0 Å². The lowest BCUT2D eigenvalue weighted by atomic mass is 10.0. The monoisotopic (exact) mass is 376 g/mol. The van der Waals surface area contributed by atoms with Crippen molar-refractivity contribution >= 4 is 16.8 Å². The molecule has 0 N–H and O–H groups in total. The average Bonchev–Trinajstić information content (AvgIpc) is 3.19. The van der Waals surface area contributed by atoms with Crippen molar-refractivity contribution in [1.82, 2.24) is 15.1 Å². The molecule has 0 bridgehead atoms. The highest BCUT2D eigenvalue weighted by Crippen LogP contribution is 2.37. The molecule has 0 aliphatic carbocycles. The van der Waals surface area contributed by atoms with E-state index >= 15 is 0 Å². The van der Waals surface area contributed by atoms with Gasteiger partial charge in [-0.2, -0.15) is 0 Å². The first-order valence-corrected chi connectivity index (χ1v) is 9.08. The summed E-state index contributed by atoms with van der Waals surface area (Å²) in [5.41, 5.74) is 3.90. The molecule has 2 aromatic carbocycles. The summed E-state index contributed by atoms with van der Waals surface area (Å²) < 4.78 is 24.5. The van der Waals surface area contributed by atoms with Crippen LogP contribution in [-0.4, -0.2) is 41.4 Å². The Morgan fingerprint density at radius 1 is 0.964 bits per heavy atom. The SMILES string of the molecule is Fc1ccc(-c2noc3c(-c4cncnc4N4CCOCC4)cccc23)cc1. The van der Waals surface area contributed by atoms with Gasteiger partial charge in [0.2, 0.25) is 0 Å². The van der Waals surface area contributed by atoms with Gasteiger partial charge in [-0.3, -0.25) is 0 Å². The van der Waals surface area contributed by atoms with Crippen LogP contribution < -0.4 is 4.90 Å². The van der Waals surface area contributed by atoms with Crippen molar-refractivity contribution in [3.8, 4) is 22.4 Å². The van der Waals surface area contributed by atoms with Crippen molar-refractivity contribution in [1.29, 1.82) is 0 Å². The highest BCUT2D eigenvalue weighted by Gasteiger charge is 2.21. The number of nitrogens with zero attached hydrogens (tertiary/aromatic N) is 4. The molecule has 3 heterocycles. The second kappa shape index (κ2) is 7.01. The largest absolute Gasteiger partial charge is 0.378 e. The molecule has 1 aliphatic heterocycles. The van der Waals surface area contributed by atoms with E-state index in [9.17, 15) is 4.39 Å². The van der Waals surface area contributed by atoms with Crippen molar-refractivity contribution in [3.05, 3.63) is 60.8 Å². The molecule has 5 rings (SSSR count). The van der Waals surface area contributed by atoms with E-state index in [1.807, 2.05) is 18.2 Å². The summed E-state index contributed by atoms with van der Waals surface area (Å²) in [4.78, 5) is 10.9. The molecule has 0 radical (unpaired) electrons. The molecule has 140 valence electrons. The van der Waals surface area contributed by atoms with E-state index < -0.39 is 0 Å². The Hall–Kier alpha value is -3.32. The number of rotatable bonds is 3. The van der Waals surface area contributed by atoms with Crippen molar-refractivity contribution < 1.29 is 13.7 Å². The Labute approximate surface area is 160 Å². The lowest BCUT2D eigenvalue weighted by Crippen LogP contribution is -2.37. The first kappa shape index (κ1) is 16.8. The number of aromatic nitrogens is 3. The third-order valence-electron chi connectivity index (χ3n) is 4.91. The molecular formula is C21H17FN4O2. The number of morpholine rings is 1. The van der Waals surface area contributed by atoms with Crippen LogP contribution in [0.15, 0.2) is 59.5 Å². The maximum absolute atomic E-state index is 13.3. The minimum atomic E-state index is -0.283. The zero-order valence-electron chi connectivity index (χ0n) is 15.0. The van der Waals surface area contributed by atoms with Gasteiger partial charge in [0.05, 0.1) is 18.6 Å². The Balaban J connectivity index is 1.64. The average molecular weight is 376 g/mol. The Morgan fingerprint density at radius 3 is 2.61 bits per heavy atom. The van der Waals surface area contributed by atoms with Gasteiger partial charge in [0.15, 0.2) is 5.58 Å². The van der Waals surface area contributed by atoms with Gasteiger partial charge in [0, 0.05) is 36.0 Å². The summed E-state index contributed by atoms with van der Waals surface area (Å²) in [6.45, 7) is 2.89. The summed E-state index contributed by atoms with van der Waals surface area (Å²) >= 11 is 0. The molecule has 2 aromatic heterocycles. The highest BCUT2D eigenvalue weighted by molar-refractivity contribution is 6.01. The number of benzene rings is 2. The van der Waals surface area contributed by atoms with Gasteiger partial charge >= 0.3 is 0 Å². The predicted octanol–water partition coefficient (Wildman–Crippen LogP) is 3.93. The molecular weight excluding hydrogens is 359 g/mol. The molecule has 0 saturated carbocycles. The van der Waals surface area contributed by atoms with E-state index in [0.717, 1.165) is 41.0 Å². The topological polar surface area (TPSA) is 64.3 Å². The van der Waals surface area contributed by atoms with E-state index in [1.165, 1.54) is 12.1 Å². The van der Waals surface area contributed by atoms with Crippen LogP contribution in [0.3, 0.4) is 0 Å². The van der Waals surface area contributed by atoms with Crippen molar-refractivity contribution in [2.75, 3.05) is 31.2 Å². The van der Waals surface area contributed by atoms with Crippen LogP contribution in [0.25, 0.3) is 33.4 Å². The van der Waals surface area contributed by atoms with Crippen LogP contribution in [0.2, 0.25) is 0 Å². The summed E-state index contributed by atoms with van der Waals surface area (Å²) in [5.74, 6) is 0.569. The summed E-state index contributed by atoms with van der Waals surface area (Å²) in [5, 5.41) is 5.11. The van der Waals surface area contributed by atoms with Crippen LogP contribution in [0.1, 0.15) is 0 Å². The normalized spacial score (nSPS) is 14.5. The zero-order valence-corrected chi connectivity index (χ0v) is 15.0. The van der Waals surface area contributed by atoms with E-state index in [4.69, 9.17) is 9.26 Å². The first-order valence-electron chi connectivity index (χ1n) is 9.08. The molecule has 1 saturated heterocycles. The highest BCUT2D eigenvalue weighted by atomic mass is 19.1. The standard InChI is InChI=1S/C21H17FN4O2/c22-15-6-4-14(5-7-15)19-17-3-1-2-16(20(17)28-25-19)18-12-23-13-24-21(18)26-8-10-27-11-9-26/h1-7,12-13H,8-11H2. The lowest BCUT2D eigenvalue weighted by Gasteiger charge is -2.29. The molecule has 0 unspecified atom stereocenters. The fraction of sp³-hybridized carbons (Fsp3) is 0.190. The van der Waals surface area contributed by atoms with Gasteiger partial charge < -0.3 is 14.2 Å². The second-order valence-electron chi connectivity index (χ2n) is 6.58. The molecule has 0 atom stereocenters. The van der Waals surface area contributed by atoms with Gasteiger partial charge in [0.1, 0.15) is 23.7 Å². The van der Waals surface area contributed by atoms with Gasteiger partial charge in [-0.25, -0.2) is 14.4 Å². The minimum Gasteiger partial charge on any atom is -0.378 e. The summed E-state index contributed by atoms with van der Waals surface area (Å²) in [7, 11) is 0. The van der Waals surface area contributed by atoms with Gasteiger partial charge in [-0.05, 0) is 30.3 Å². The van der Waals surface area contributed by atoms with Crippen molar-refractivity contribution in [2.45, 2.75) is 0 Å². The molecule has 0 amide bonds. The molecule has 0 spiro atoms. The second-order valence-corrected chi connectivity index (χ2v) is 6.58. The molecule has 1 fully saturated rings.